The average Bonchev–Trinajstić information content (AvgIpc) is 2.94. The lowest BCUT2D eigenvalue weighted by Gasteiger charge is -2.07. The lowest BCUT2D eigenvalue weighted by Crippen LogP contribution is -2.15. The summed E-state index contributed by atoms with van der Waals surface area (Å²) in [5.41, 5.74) is 0.403. The molecule has 0 amide bonds. The van der Waals surface area contributed by atoms with E-state index in [-0.39, 0.29) is 22.1 Å². The number of benzene rings is 1. The van der Waals surface area contributed by atoms with Gasteiger partial charge in [-0.2, -0.15) is 0 Å². The number of carbonyl (C=O) groups excluding carboxylic acids is 1. The minimum Gasteiger partial charge on any atom is -0.494 e. The van der Waals surface area contributed by atoms with E-state index in [1.165, 1.54) is 36.8 Å². The number of rotatable bonds is 5. The molecule has 0 aliphatic carbocycles. The van der Waals surface area contributed by atoms with E-state index in [0.717, 1.165) is 11.3 Å². The maximum Gasteiger partial charge on any atom is 0.350 e. The van der Waals surface area contributed by atoms with Crippen LogP contribution in [0.3, 0.4) is 0 Å². The summed E-state index contributed by atoms with van der Waals surface area (Å²) in [5, 5.41) is 6.43. The van der Waals surface area contributed by atoms with Crippen LogP contribution in [0, 0.1) is 5.82 Å². The van der Waals surface area contributed by atoms with Crippen molar-refractivity contribution in [3.05, 3.63) is 45.9 Å². The van der Waals surface area contributed by atoms with Gasteiger partial charge in [-0.3, -0.25) is 0 Å². The van der Waals surface area contributed by atoms with Crippen LogP contribution in [0.25, 0.3) is 0 Å². The van der Waals surface area contributed by atoms with Gasteiger partial charge in [-0.05, 0) is 29.1 Å². The highest BCUT2D eigenvalue weighted by Crippen LogP contribution is 2.23. The molecule has 0 aliphatic heterocycles. The summed E-state index contributed by atoms with van der Waals surface area (Å²) >= 11 is 0.901. The van der Waals surface area contributed by atoms with Crippen molar-refractivity contribution in [2.45, 2.75) is 11.5 Å². The molecule has 0 saturated heterocycles. The highest BCUT2D eigenvalue weighted by Gasteiger charge is 2.22. The molecule has 0 bridgehead atoms. The van der Waals surface area contributed by atoms with Crippen molar-refractivity contribution in [1.82, 2.24) is 0 Å². The van der Waals surface area contributed by atoms with Gasteiger partial charge in [0.2, 0.25) is 10.0 Å². The fourth-order valence-electron chi connectivity index (χ4n) is 1.68. The van der Waals surface area contributed by atoms with Gasteiger partial charge in [0.15, 0.2) is 11.6 Å². The number of esters is 1. The molecule has 2 N–H and O–H groups in total. The number of nitrogens with two attached hydrogens (primary N) is 1. The standard InChI is InChI=1S/C13H12FNO5S2/c1-19-10-3-2-8(6-9(10)14)7-20-13(16)12-11(4-5-21-12)22(15,17)18/h2-6H,7H2,1H3,(H2,15,17,18). The second-order valence-corrected chi connectivity index (χ2v) is 6.65. The van der Waals surface area contributed by atoms with Crippen LogP contribution in [0.2, 0.25) is 0 Å². The van der Waals surface area contributed by atoms with Crippen molar-refractivity contribution in [3.8, 4) is 5.75 Å². The Morgan fingerprint density at radius 2 is 2.09 bits per heavy atom. The lowest BCUT2D eigenvalue weighted by molar-refractivity contribution is 0.0474. The molecular formula is C13H12FNO5S2. The van der Waals surface area contributed by atoms with E-state index in [0.29, 0.717) is 5.56 Å². The van der Waals surface area contributed by atoms with E-state index < -0.39 is 21.8 Å². The minimum atomic E-state index is -4.00. The first-order valence-electron chi connectivity index (χ1n) is 5.92. The fraction of sp³-hybridized carbons (Fsp3) is 0.154. The van der Waals surface area contributed by atoms with E-state index in [1.807, 2.05) is 0 Å². The highest BCUT2D eigenvalue weighted by atomic mass is 32.2. The molecule has 9 heteroatoms. The number of primary sulfonamides is 1. The number of hydrogen-bond acceptors (Lipinski definition) is 6. The zero-order chi connectivity index (χ0) is 16.3. The van der Waals surface area contributed by atoms with Crippen LogP contribution >= 0.6 is 11.3 Å². The largest absolute Gasteiger partial charge is 0.494 e. The SMILES string of the molecule is COc1ccc(COC(=O)c2sccc2S(N)(=O)=O)cc1F. The first-order valence-corrected chi connectivity index (χ1v) is 8.35. The van der Waals surface area contributed by atoms with Crippen molar-refractivity contribution in [3.63, 3.8) is 0 Å². The summed E-state index contributed by atoms with van der Waals surface area (Å²) in [4.78, 5) is 11.5. The Labute approximate surface area is 130 Å². The molecule has 22 heavy (non-hydrogen) atoms. The van der Waals surface area contributed by atoms with Gasteiger partial charge in [0.1, 0.15) is 16.4 Å². The molecular weight excluding hydrogens is 333 g/mol. The average molecular weight is 345 g/mol. The second-order valence-electron chi connectivity index (χ2n) is 4.20. The Morgan fingerprint density at radius 3 is 2.68 bits per heavy atom. The summed E-state index contributed by atoms with van der Waals surface area (Å²) in [6.45, 7) is -0.207. The number of ether oxygens (including phenoxy) is 2. The van der Waals surface area contributed by atoms with E-state index >= 15 is 0 Å². The van der Waals surface area contributed by atoms with Crippen LogP contribution in [-0.4, -0.2) is 21.5 Å². The molecule has 1 aromatic heterocycles. The molecule has 0 atom stereocenters. The predicted octanol–water partition coefficient (Wildman–Crippen LogP) is 1.90. The first-order chi connectivity index (χ1) is 10.3. The van der Waals surface area contributed by atoms with Crippen LogP contribution in [0.1, 0.15) is 15.2 Å². The minimum absolute atomic E-state index is 0.0739. The quantitative estimate of drug-likeness (QED) is 0.835. The van der Waals surface area contributed by atoms with Crippen LogP contribution < -0.4 is 9.88 Å². The smallest absolute Gasteiger partial charge is 0.350 e. The Hall–Kier alpha value is -1.97. The van der Waals surface area contributed by atoms with Crippen molar-refractivity contribution in [2.75, 3.05) is 7.11 Å². The van der Waals surface area contributed by atoms with E-state index in [9.17, 15) is 17.6 Å². The zero-order valence-corrected chi connectivity index (χ0v) is 13.0. The molecule has 0 aliphatic rings. The molecule has 2 aromatic rings. The lowest BCUT2D eigenvalue weighted by atomic mass is 10.2. The monoisotopic (exact) mass is 345 g/mol. The first kappa shape index (κ1) is 16.4. The Morgan fingerprint density at radius 1 is 1.36 bits per heavy atom. The number of carbonyl (C=O) groups is 1. The van der Waals surface area contributed by atoms with Gasteiger partial charge < -0.3 is 9.47 Å². The van der Waals surface area contributed by atoms with Gasteiger partial charge >= 0.3 is 5.97 Å². The number of methoxy groups -OCH3 is 1. The van der Waals surface area contributed by atoms with Gasteiger partial charge in [-0.25, -0.2) is 22.7 Å². The third-order valence-electron chi connectivity index (χ3n) is 2.71. The maximum atomic E-state index is 13.5. The van der Waals surface area contributed by atoms with Gasteiger partial charge in [0, 0.05) is 0 Å². The van der Waals surface area contributed by atoms with Gasteiger partial charge in [-0.1, -0.05) is 6.07 Å². The van der Waals surface area contributed by atoms with Crippen molar-refractivity contribution < 1.29 is 27.1 Å². The topological polar surface area (TPSA) is 95.7 Å². The van der Waals surface area contributed by atoms with E-state index in [1.54, 1.807) is 0 Å². The summed E-state index contributed by atoms with van der Waals surface area (Å²) in [7, 11) is -2.66. The predicted molar refractivity (Wildman–Crippen MR) is 77.8 cm³/mol. The molecule has 1 aromatic carbocycles. The van der Waals surface area contributed by atoms with Crippen molar-refractivity contribution in [2.24, 2.45) is 5.14 Å². The molecule has 2 rings (SSSR count). The maximum absolute atomic E-state index is 13.5. The molecule has 0 spiro atoms. The second kappa shape index (κ2) is 6.42. The van der Waals surface area contributed by atoms with Gasteiger partial charge in [0.25, 0.3) is 0 Å². The molecule has 0 unspecified atom stereocenters. The number of halogens is 1. The Balaban J connectivity index is 2.11. The van der Waals surface area contributed by atoms with E-state index in [4.69, 9.17) is 14.6 Å². The third-order valence-corrected chi connectivity index (χ3v) is 4.68. The van der Waals surface area contributed by atoms with Gasteiger partial charge in [-0.15, -0.1) is 11.3 Å². The van der Waals surface area contributed by atoms with Crippen LogP contribution in [0.4, 0.5) is 4.39 Å². The number of hydrogen-bond donors (Lipinski definition) is 1. The summed E-state index contributed by atoms with van der Waals surface area (Å²) in [6, 6.07) is 5.33. The molecule has 0 saturated carbocycles. The fourth-order valence-corrected chi connectivity index (χ4v) is 3.54. The highest BCUT2D eigenvalue weighted by molar-refractivity contribution is 7.89. The third kappa shape index (κ3) is 3.62. The Bertz CT molecular complexity index is 801. The molecule has 0 fully saturated rings. The van der Waals surface area contributed by atoms with E-state index in [2.05, 4.69) is 0 Å². The zero-order valence-electron chi connectivity index (χ0n) is 11.4. The summed E-state index contributed by atoms with van der Waals surface area (Å²) < 4.78 is 45.9. The molecule has 0 radical (unpaired) electrons. The molecule has 118 valence electrons. The van der Waals surface area contributed by atoms with Crippen LogP contribution in [-0.2, 0) is 21.4 Å². The van der Waals surface area contributed by atoms with Gasteiger partial charge in [0.05, 0.1) is 7.11 Å². The van der Waals surface area contributed by atoms with Crippen molar-refractivity contribution in [1.29, 1.82) is 0 Å². The number of thiophene rings is 1. The number of sulfonamides is 1. The van der Waals surface area contributed by atoms with Crippen molar-refractivity contribution >= 4 is 27.3 Å². The normalized spacial score (nSPS) is 11.2. The van der Waals surface area contributed by atoms with Crippen LogP contribution in [0.15, 0.2) is 34.5 Å². The summed E-state index contributed by atoms with van der Waals surface area (Å²) in [6.07, 6.45) is 0. The molecule has 6 nitrogen and oxygen atoms in total. The Kier molecular flexibility index (Phi) is 4.79. The molecule has 1 heterocycles. The van der Waals surface area contributed by atoms with Crippen LogP contribution in [0.5, 0.6) is 5.75 Å². The summed E-state index contributed by atoms with van der Waals surface area (Å²) in [5.74, 6) is -1.35.